The first-order valence-corrected chi connectivity index (χ1v) is 8.72. The maximum Gasteiger partial charge on any atom is 0.250 e. The molecule has 2 N–H and O–H groups in total. The molecule has 4 heteroatoms. The Morgan fingerprint density at radius 2 is 1.70 bits per heavy atom. The van der Waals surface area contributed by atoms with Crippen LogP contribution in [0.1, 0.15) is 37.7 Å². The predicted molar refractivity (Wildman–Crippen MR) is 88.8 cm³/mol. The fraction of sp³-hybridized carbons (Fsp3) is 0.579. The Kier molecular flexibility index (Phi) is 3.43. The van der Waals surface area contributed by atoms with E-state index in [0.717, 1.165) is 55.2 Å². The number of hydrogen-bond donors (Lipinski definition) is 2. The molecule has 0 saturated heterocycles. The van der Waals surface area contributed by atoms with Crippen LogP contribution in [0.2, 0.25) is 0 Å². The summed E-state index contributed by atoms with van der Waals surface area (Å²) in [6.45, 7) is 1.99. The van der Waals surface area contributed by atoms with Gasteiger partial charge in [-0.25, -0.2) is 0 Å². The van der Waals surface area contributed by atoms with E-state index in [2.05, 4.69) is 10.6 Å². The van der Waals surface area contributed by atoms with Crippen LogP contribution in [0.25, 0.3) is 0 Å². The van der Waals surface area contributed by atoms with Gasteiger partial charge in [-0.2, -0.15) is 0 Å². The number of hydrogen-bond acceptors (Lipinski definition) is 2. The Bertz CT molecular complexity index is 612. The number of amides is 2. The van der Waals surface area contributed by atoms with Crippen molar-refractivity contribution in [3.63, 3.8) is 0 Å². The minimum Gasteiger partial charge on any atom is -0.344 e. The Hall–Kier alpha value is -1.84. The predicted octanol–water partition coefficient (Wildman–Crippen LogP) is 2.87. The average Bonchev–Trinajstić information content (AvgIpc) is 2.52. The zero-order valence-electron chi connectivity index (χ0n) is 13.5. The molecule has 4 saturated carbocycles. The molecule has 0 radical (unpaired) electrons. The van der Waals surface area contributed by atoms with E-state index in [4.69, 9.17) is 0 Å². The van der Waals surface area contributed by atoms with Gasteiger partial charge in [-0.15, -0.1) is 0 Å². The van der Waals surface area contributed by atoms with E-state index in [1.54, 1.807) is 0 Å². The summed E-state index contributed by atoms with van der Waals surface area (Å²) in [4.78, 5) is 24.6. The molecule has 0 heterocycles. The van der Waals surface area contributed by atoms with Gasteiger partial charge < -0.3 is 10.6 Å². The van der Waals surface area contributed by atoms with Crippen LogP contribution in [0, 0.1) is 30.6 Å². The summed E-state index contributed by atoms with van der Waals surface area (Å²) >= 11 is 0. The Morgan fingerprint density at radius 1 is 1.09 bits per heavy atom. The number of carbonyl (C=O) groups excluding carboxylic acids is 2. The van der Waals surface area contributed by atoms with Crippen molar-refractivity contribution < 1.29 is 9.59 Å². The van der Waals surface area contributed by atoms with Gasteiger partial charge in [-0.05, 0) is 74.3 Å². The van der Waals surface area contributed by atoms with Crippen molar-refractivity contribution in [3.05, 3.63) is 29.8 Å². The summed E-state index contributed by atoms with van der Waals surface area (Å²) in [6, 6.07) is 7.82. The van der Waals surface area contributed by atoms with Gasteiger partial charge in [0.25, 0.3) is 5.91 Å². The fourth-order valence-corrected chi connectivity index (χ4v) is 5.64. The van der Waals surface area contributed by atoms with Gasteiger partial charge >= 0.3 is 0 Å². The van der Waals surface area contributed by atoms with E-state index in [1.807, 2.05) is 31.2 Å². The van der Waals surface area contributed by atoms with Crippen molar-refractivity contribution in [2.75, 3.05) is 5.32 Å². The molecule has 4 aliphatic rings. The number of anilines is 1. The number of aryl methyl sites for hydroxylation is 1. The molecule has 2 amide bonds. The Labute approximate surface area is 137 Å². The van der Waals surface area contributed by atoms with Crippen molar-refractivity contribution in [3.8, 4) is 0 Å². The molecule has 0 unspecified atom stereocenters. The first-order chi connectivity index (χ1) is 11.1. The minimum atomic E-state index is -0.711. The van der Waals surface area contributed by atoms with E-state index in [0.29, 0.717) is 0 Å². The van der Waals surface area contributed by atoms with E-state index in [-0.39, 0.29) is 17.7 Å². The van der Waals surface area contributed by atoms with Gasteiger partial charge in [-0.1, -0.05) is 18.2 Å². The largest absolute Gasteiger partial charge is 0.344 e. The van der Waals surface area contributed by atoms with Crippen LogP contribution in [0.4, 0.5) is 5.69 Å². The van der Waals surface area contributed by atoms with Crippen molar-refractivity contribution >= 4 is 18.0 Å². The van der Waals surface area contributed by atoms with Crippen molar-refractivity contribution in [1.82, 2.24) is 5.32 Å². The topological polar surface area (TPSA) is 58.2 Å². The summed E-state index contributed by atoms with van der Waals surface area (Å²) in [5.74, 6) is 2.06. The van der Waals surface area contributed by atoms with Crippen molar-refractivity contribution in [1.29, 1.82) is 0 Å². The number of benzene rings is 1. The molecule has 0 aliphatic heterocycles. The van der Waals surface area contributed by atoms with Crippen LogP contribution in [0.5, 0.6) is 0 Å². The SMILES string of the molecule is Cc1ccccc1NC(=O)C1(NC=O)C2CC3CC(C2)CC1C3. The summed E-state index contributed by atoms with van der Waals surface area (Å²) in [5.41, 5.74) is 1.18. The van der Waals surface area contributed by atoms with Gasteiger partial charge in [0.2, 0.25) is 6.41 Å². The molecule has 4 fully saturated rings. The first kappa shape index (κ1) is 14.7. The number of para-hydroxylation sites is 1. The van der Waals surface area contributed by atoms with Gasteiger partial charge in [-0.3, -0.25) is 9.59 Å². The number of nitrogens with one attached hydrogen (secondary N) is 2. The molecule has 122 valence electrons. The van der Waals surface area contributed by atoms with Crippen molar-refractivity contribution in [2.24, 2.45) is 23.7 Å². The average molecular weight is 312 g/mol. The Balaban J connectivity index is 1.66. The third-order valence-corrected chi connectivity index (χ3v) is 6.49. The van der Waals surface area contributed by atoms with E-state index in [1.165, 1.54) is 6.42 Å². The summed E-state index contributed by atoms with van der Waals surface area (Å²) in [7, 11) is 0. The molecule has 0 aromatic heterocycles. The monoisotopic (exact) mass is 312 g/mol. The highest BCUT2D eigenvalue weighted by Crippen LogP contribution is 2.58. The van der Waals surface area contributed by atoms with Gasteiger partial charge in [0, 0.05) is 5.69 Å². The smallest absolute Gasteiger partial charge is 0.250 e. The number of carbonyl (C=O) groups is 2. The van der Waals surface area contributed by atoms with E-state index >= 15 is 0 Å². The molecule has 5 rings (SSSR count). The van der Waals surface area contributed by atoms with Gasteiger partial charge in [0.1, 0.15) is 5.54 Å². The summed E-state index contributed by atoms with van der Waals surface area (Å²) in [6.07, 6.45) is 6.37. The highest BCUT2D eigenvalue weighted by Gasteiger charge is 2.61. The zero-order valence-corrected chi connectivity index (χ0v) is 13.5. The second-order valence-electron chi connectivity index (χ2n) is 7.70. The molecule has 0 atom stereocenters. The molecule has 0 spiro atoms. The Morgan fingerprint density at radius 3 is 2.26 bits per heavy atom. The van der Waals surface area contributed by atoms with Crippen LogP contribution < -0.4 is 10.6 Å². The lowest BCUT2D eigenvalue weighted by Crippen LogP contribution is -2.70. The summed E-state index contributed by atoms with van der Waals surface area (Å²) in [5, 5.41) is 6.09. The van der Waals surface area contributed by atoms with Crippen LogP contribution in [0.15, 0.2) is 24.3 Å². The molecule has 4 aliphatic carbocycles. The second kappa shape index (κ2) is 5.36. The fourth-order valence-electron chi connectivity index (χ4n) is 5.64. The molecular formula is C19H24N2O2. The minimum absolute atomic E-state index is 0.0206. The normalized spacial score (nSPS) is 37.4. The standard InChI is InChI=1S/C19H24N2O2/c1-12-4-2-3-5-17(12)21-18(23)19(20-11-22)15-7-13-6-14(9-15)10-16(19)8-13/h2-5,11,13-16H,6-10H2,1H3,(H,20,22)(H,21,23). The summed E-state index contributed by atoms with van der Waals surface area (Å²) < 4.78 is 0. The lowest BCUT2D eigenvalue weighted by Gasteiger charge is -2.59. The lowest BCUT2D eigenvalue weighted by molar-refractivity contribution is -0.144. The molecular weight excluding hydrogens is 288 g/mol. The quantitative estimate of drug-likeness (QED) is 0.840. The molecule has 1 aromatic rings. The number of rotatable bonds is 4. The highest BCUT2D eigenvalue weighted by molar-refractivity contribution is 6.00. The van der Waals surface area contributed by atoms with Crippen LogP contribution in [-0.4, -0.2) is 17.9 Å². The maximum absolute atomic E-state index is 13.2. The van der Waals surface area contributed by atoms with Crippen LogP contribution >= 0.6 is 0 Å². The van der Waals surface area contributed by atoms with E-state index in [9.17, 15) is 9.59 Å². The molecule has 23 heavy (non-hydrogen) atoms. The molecule has 1 aromatic carbocycles. The second-order valence-corrected chi connectivity index (χ2v) is 7.70. The third kappa shape index (κ3) is 2.19. The third-order valence-electron chi connectivity index (χ3n) is 6.49. The van der Waals surface area contributed by atoms with Crippen molar-refractivity contribution in [2.45, 2.75) is 44.6 Å². The highest BCUT2D eigenvalue weighted by atomic mass is 16.2. The van der Waals surface area contributed by atoms with Crippen LogP contribution in [0.3, 0.4) is 0 Å². The van der Waals surface area contributed by atoms with Crippen LogP contribution in [-0.2, 0) is 9.59 Å². The molecule has 4 bridgehead atoms. The van der Waals surface area contributed by atoms with Gasteiger partial charge in [0.05, 0.1) is 0 Å². The zero-order chi connectivity index (χ0) is 16.0. The van der Waals surface area contributed by atoms with Gasteiger partial charge in [0.15, 0.2) is 0 Å². The van der Waals surface area contributed by atoms with E-state index < -0.39 is 5.54 Å². The maximum atomic E-state index is 13.2. The first-order valence-electron chi connectivity index (χ1n) is 8.72. The lowest BCUT2D eigenvalue weighted by atomic mass is 9.48. The molecule has 4 nitrogen and oxygen atoms in total.